The summed E-state index contributed by atoms with van der Waals surface area (Å²) in [5.41, 5.74) is 0.241. The number of anilines is 1. The summed E-state index contributed by atoms with van der Waals surface area (Å²) in [4.78, 5) is 25.7. The van der Waals surface area contributed by atoms with Gasteiger partial charge in [-0.3, -0.25) is 4.79 Å². The Morgan fingerprint density at radius 1 is 1.09 bits per heavy atom. The van der Waals surface area contributed by atoms with E-state index in [1.165, 1.54) is 54.2 Å². The number of aromatic nitrogens is 1. The van der Waals surface area contributed by atoms with Gasteiger partial charge in [0.2, 0.25) is 5.88 Å². The number of amides is 2. The van der Waals surface area contributed by atoms with E-state index in [0.717, 1.165) is 20.8 Å². The molecule has 0 aliphatic heterocycles. The molecule has 170 valence electrons. The van der Waals surface area contributed by atoms with Gasteiger partial charge in [0.25, 0.3) is 15.6 Å². The van der Waals surface area contributed by atoms with Crippen molar-refractivity contribution >= 4 is 67.2 Å². The fourth-order valence-electron chi connectivity index (χ4n) is 3.12. The molecule has 0 saturated heterocycles. The highest BCUT2D eigenvalue weighted by atomic mass is 35.5. The van der Waals surface area contributed by atoms with E-state index in [1.54, 1.807) is 12.1 Å². The largest absolute Gasteiger partial charge is 0.494 e. The van der Waals surface area contributed by atoms with E-state index in [9.17, 15) is 23.1 Å². The van der Waals surface area contributed by atoms with Crippen molar-refractivity contribution in [3.63, 3.8) is 0 Å². The topological polar surface area (TPSA) is 118 Å². The van der Waals surface area contributed by atoms with E-state index in [-0.39, 0.29) is 20.1 Å². The van der Waals surface area contributed by atoms with Gasteiger partial charge in [0.15, 0.2) is 0 Å². The number of benzene rings is 2. The molecule has 0 aliphatic carbocycles. The molecule has 3 N–H and O–H groups in total. The number of sulfonamides is 1. The second-order valence-corrected chi connectivity index (χ2v) is 11.3. The number of nitrogens with one attached hydrogen (secondary N) is 2. The molecule has 0 fully saturated rings. The highest BCUT2D eigenvalue weighted by Gasteiger charge is 2.20. The van der Waals surface area contributed by atoms with Gasteiger partial charge in [-0.1, -0.05) is 17.7 Å². The first-order valence-corrected chi connectivity index (χ1v) is 13.2. The van der Waals surface area contributed by atoms with Crippen LogP contribution in [0.4, 0.5) is 10.5 Å². The second-order valence-electron chi connectivity index (χ2n) is 6.76. The summed E-state index contributed by atoms with van der Waals surface area (Å²) in [6.45, 7) is 0. The number of halogens is 1. The SMILES string of the molecule is CSc1ccc2cc(=O)n(-c3ccc(NC(=O)NS(=O)(=O)c4ccc(Cl)s4)cc3)c(O)c2c1. The fourth-order valence-corrected chi connectivity index (χ4v) is 5.95. The smallest absolute Gasteiger partial charge is 0.333 e. The number of carbonyl (C=O) groups excluding carboxylic acids is 1. The molecular formula is C21H16ClN3O5S3. The van der Waals surface area contributed by atoms with E-state index >= 15 is 0 Å². The molecule has 8 nitrogen and oxygen atoms in total. The third-order valence-corrected chi connectivity index (χ3v) is 8.42. The molecule has 4 rings (SSSR count). The number of aromatic hydroxyl groups is 1. The molecule has 0 saturated carbocycles. The van der Waals surface area contributed by atoms with Gasteiger partial charge >= 0.3 is 6.03 Å². The Hall–Kier alpha value is -2.99. The van der Waals surface area contributed by atoms with Gasteiger partial charge in [0.1, 0.15) is 4.21 Å². The standard InChI is InChI=1S/C21H16ClN3O5S3/c1-31-15-7-2-12-10-18(26)25(20(27)16(12)11-15)14-5-3-13(4-6-14)23-21(28)24-33(29,30)19-9-8-17(22)32-19/h2-11,27H,1H3,(H2,23,24,28). The normalized spacial score (nSPS) is 11.5. The Labute approximate surface area is 201 Å². The molecule has 33 heavy (non-hydrogen) atoms. The molecule has 0 atom stereocenters. The van der Waals surface area contributed by atoms with Crippen LogP contribution >= 0.6 is 34.7 Å². The van der Waals surface area contributed by atoms with E-state index in [2.05, 4.69) is 5.32 Å². The summed E-state index contributed by atoms with van der Waals surface area (Å²) >= 11 is 8.09. The number of hydrogen-bond donors (Lipinski definition) is 3. The van der Waals surface area contributed by atoms with Crippen molar-refractivity contribution in [2.75, 3.05) is 11.6 Å². The Balaban J connectivity index is 1.57. The predicted octanol–water partition coefficient (Wildman–Crippen LogP) is 4.64. The molecule has 12 heteroatoms. The van der Waals surface area contributed by atoms with Crippen molar-refractivity contribution < 1.29 is 18.3 Å². The van der Waals surface area contributed by atoms with Gasteiger partial charge in [-0.05, 0) is 60.2 Å². The summed E-state index contributed by atoms with van der Waals surface area (Å²) in [6, 6.07) is 14.6. The minimum atomic E-state index is -4.06. The van der Waals surface area contributed by atoms with E-state index in [4.69, 9.17) is 11.6 Å². The third kappa shape index (κ3) is 4.86. The quantitative estimate of drug-likeness (QED) is 0.329. The Morgan fingerprint density at radius 2 is 1.82 bits per heavy atom. The van der Waals surface area contributed by atoms with Crippen LogP contribution in [0.3, 0.4) is 0 Å². The van der Waals surface area contributed by atoms with Crippen molar-refractivity contribution in [3.05, 3.63) is 75.4 Å². The van der Waals surface area contributed by atoms with Crippen molar-refractivity contribution in [1.29, 1.82) is 0 Å². The summed E-state index contributed by atoms with van der Waals surface area (Å²) in [6.07, 6.45) is 1.91. The first-order valence-electron chi connectivity index (χ1n) is 9.30. The van der Waals surface area contributed by atoms with Crippen LogP contribution in [0.15, 0.2) is 74.6 Å². The number of fused-ring (bicyclic) bond motifs is 1. The molecular weight excluding hydrogens is 506 g/mol. The molecule has 2 aromatic heterocycles. The summed E-state index contributed by atoms with van der Waals surface area (Å²) in [7, 11) is -4.06. The number of rotatable bonds is 5. The molecule has 2 amide bonds. The Bertz CT molecular complexity index is 1530. The summed E-state index contributed by atoms with van der Waals surface area (Å²) in [5.74, 6) is -0.201. The number of thioether (sulfide) groups is 1. The number of pyridine rings is 1. The lowest BCUT2D eigenvalue weighted by molar-refractivity contribution is 0.256. The lowest BCUT2D eigenvalue weighted by Gasteiger charge is -2.13. The Kier molecular flexibility index (Phi) is 6.39. The first kappa shape index (κ1) is 23.2. The van der Waals surface area contributed by atoms with Gasteiger partial charge in [-0.15, -0.1) is 23.1 Å². The third-order valence-electron chi connectivity index (χ3n) is 4.64. The molecule has 0 radical (unpaired) electrons. The highest BCUT2D eigenvalue weighted by molar-refractivity contribution is 7.98. The number of urea groups is 1. The van der Waals surface area contributed by atoms with Crippen LogP contribution in [-0.2, 0) is 10.0 Å². The van der Waals surface area contributed by atoms with Crippen LogP contribution in [0.25, 0.3) is 16.5 Å². The van der Waals surface area contributed by atoms with E-state index in [0.29, 0.717) is 16.5 Å². The van der Waals surface area contributed by atoms with Crippen LogP contribution < -0.4 is 15.6 Å². The van der Waals surface area contributed by atoms with Crippen LogP contribution in [0.1, 0.15) is 0 Å². The minimum Gasteiger partial charge on any atom is -0.494 e. The van der Waals surface area contributed by atoms with Crippen molar-refractivity contribution in [2.24, 2.45) is 0 Å². The zero-order chi connectivity index (χ0) is 23.8. The van der Waals surface area contributed by atoms with Gasteiger partial charge in [-0.25, -0.2) is 22.5 Å². The summed E-state index contributed by atoms with van der Waals surface area (Å²) < 4.78 is 27.7. The molecule has 0 aliphatic rings. The maximum Gasteiger partial charge on any atom is 0.333 e. The molecule has 2 heterocycles. The highest BCUT2D eigenvalue weighted by Crippen LogP contribution is 2.29. The minimum absolute atomic E-state index is 0.0891. The number of hydrogen-bond acceptors (Lipinski definition) is 7. The fraction of sp³-hybridized carbons (Fsp3) is 0.0476. The molecule has 0 spiro atoms. The number of thiophene rings is 1. The number of carbonyl (C=O) groups is 1. The van der Waals surface area contributed by atoms with Crippen molar-refractivity contribution in [1.82, 2.24) is 9.29 Å². The van der Waals surface area contributed by atoms with E-state index in [1.807, 2.05) is 17.0 Å². The van der Waals surface area contributed by atoms with Crippen LogP contribution in [0, 0.1) is 0 Å². The second kappa shape index (κ2) is 9.10. The van der Waals surface area contributed by atoms with Crippen LogP contribution in [0.2, 0.25) is 4.34 Å². The van der Waals surface area contributed by atoms with Gasteiger partial charge in [-0.2, -0.15) is 0 Å². The van der Waals surface area contributed by atoms with Gasteiger partial charge in [0.05, 0.1) is 10.0 Å². The number of nitrogens with zero attached hydrogens (tertiary/aromatic N) is 1. The van der Waals surface area contributed by atoms with Crippen LogP contribution in [0.5, 0.6) is 5.88 Å². The zero-order valence-electron chi connectivity index (χ0n) is 16.9. The lowest BCUT2D eigenvalue weighted by atomic mass is 10.1. The average molecular weight is 522 g/mol. The van der Waals surface area contributed by atoms with Gasteiger partial charge < -0.3 is 10.4 Å². The van der Waals surface area contributed by atoms with E-state index < -0.39 is 21.6 Å². The van der Waals surface area contributed by atoms with Gasteiger partial charge in [0, 0.05) is 22.0 Å². The van der Waals surface area contributed by atoms with Crippen molar-refractivity contribution in [2.45, 2.75) is 9.10 Å². The average Bonchev–Trinajstić information content (AvgIpc) is 3.22. The molecule has 2 aromatic carbocycles. The predicted molar refractivity (Wildman–Crippen MR) is 132 cm³/mol. The maximum absolute atomic E-state index is 12.6. The summed E-state index contributed by atoms with van der Waals surface area (Å²) in [5, 5.41) is 14.3. The maximum atomic E-state index is 12.6. The van der Waals surface area contributed by atoms with Crippen LogP contribution in [-0.4, -0.2) is 30.4 Å². The Morgan fingerprint density at radius 3 is 2.45 bits per heavy atom. The van der Waals surface area contributed by atoms with Crippen molar-refractivity contribution in [3.8, 4) is 11.6 Å². The first-order chi connectivity index (χ1) is 15.7. The zero-order valence-corrected chi connectivity index (χ0v) is 20.1. The molecule has 0 bridgehead atoms. The lowest BCUT2D eigenvalue weighted by Crippen LogP contribution is -2.33. The molecule has 0 unspecified atom stereocenters. The molecule has 4 aromatic rings. The monoisotopic (exact) mass is 521 g/mol.